The summed E-state index contributed by atoms with van der Waals surface area (Å²) in [6, 6.07) is 0. The van der Waals surface area contributed by atoms with Crippen molar-refractivity contribution in [3.8, 4) is 0 Å². The largest absolute Gasteiger partial charge is 0.446 e. The lowest BCUT2D eigenvalue weighted by atomic mass is 10.0. The Labute approximate surface area is 114 Å². The van der Waals surface area contributed by atoms with E-state index < -0.39 is 22.4 Å². The SMILES string of the molecule is CCCC(CCO)CNS(=O)(=O)NC(=O)OC(C)C. The Morgan fingerprint density at radius 2 is 1.95 bits per heavy atom. The number of hydrogen-bond donors (Lipinski definition) is 3. The van der Waals surface area contributed by atoms with Gasteiger partial charge in [-0.25, -0.2) is 9.52 Å². The van der Waals surface area contributed by atoms with Crippen LogP contribution < -0.4 is 9.44 Å². The summed E-state index contributed by atoms with van der Waals surface area (Å²) in [7, 11) is -3.91. The van der Waals surface area contributed by atoms with Gasteiger partial charge in [-0.1, -0.05) is 13.3 Å². The molecule has 0 aliphatic rings. The summed E-state index contributed by atoms with van der Waals surface area (Å²) in [5.74, 6) is 0.0488. The molecule has 114 valence electrons. The summed E-state index contributed by atoms with van der Waals surface area (Å²) >= 11 is 0. The van der Waals surface area contributed by atoms with E-state index in [2.05, 4.69) is 9.46 Å². The van der Waals surface area contributed by atoms with Crippen LogP contribution in [0.4, 0.5) is 4.79 Å². The third kappa shape index (κ3) is 9.69. The molecule has 0 radical (unpaired) electrons. The fourth-order valence-electron chi connectivity index (χ4n) is 1.55. The summed E-state index contributed by atoms with van der Waals surface area (Å²) in [4.78, 5) is 11.2. The zero-order valence-corrected chi connectivity index (χ0v) is 12.5. The minimum absolute atomic E-state index is 0.00914. The number of ether oxygens (including phenoxy) is 1. The fraction of sp³-hybridized carbons (Fsp3) is 0.909. The van der Waals surface area contributed by atoms with E-state index in [9.17, 15) is 13.2 Å². The molecule has 0 saturated heterocycles. The molecule has 0 aromatic carbocycles. The number of amides is 1. The minimum Gasteiger partial charge on any atom is -0.446 e. The second kappa shape index (κ2) is 9.11. The van der Waals surface area contributed by atoms with Gasteiger partial charge in [-0.3, -0.25) is 0 Å². The predicted octanol–water partition coefficient (Wildman–Crippen LogP) is 0.754. The molecule has 7 nitrogen and oxygen atoms in total. The average molecular weight is 296 g/mol. The van der Waals surface area contributed by atoms with E-state index in [1.54, 1.807) is 18.6 Å². The Bertz CT molecular complexity index is 350. The first-order valence-corrected chi connectivity index (χ1v) is 7.88. The standard InChI is InChI=1S/C11H24N2O5S/c1-4-5-10(6-7-14)8-12-19(16,17)13-11(15)18-9(2)3/h9-10,12,14H,4-8H2,1-3H3,(H,13,15). The molecule has 0 heterocycles. The van der Waals surface area contributed by atoms with Crippen LogP contribution in [-0.4, -0.2) is 38.9 Å². The van der Waals surface area contributed by atoms with E-state index in [0.717, 1.165) is 12.8 Å². The monoisotopic (exact) mass is 296 g/mol. The zero-order chi connectivity index (χ0) is 14.9. The van der Waals surface area contributed by atoms with E-state index in [1.807, 2.05) is 6.92 Å². The molecule has 0 saturated carbocycles. The normalized spacial score (nSPS) is 13.3. The van der Waals surface area contributed by atoms with E-state index in [-0.39, 0.29) is 19.1 Å². The van der Waals surface area contributed by atoms with Crippen molar-refractivity contribution in [1.82, 2.24) is 9.44 Å². The summed E-state index contributed by atoms with van der Waals surface area (Å²) in [5.41, 5.74) is 0. The molecule has 1 unspecified atom stereocenters. The van der Waals surface area contributed by atoms with Gasteiger partial charge in [-0.15, -0.1) is 0 Å². The van der Waals surface area contributed by atoms with Gasteiger partial charge in [0, 0.05) is 13.2 Å². The maximum absolute atomic E-state index is 11.5. The fourth-order valence-corrected chi connectivity index (χ4v) is 2.35. The Balaban J connectivity index is 4.24. The number of nitrogens with one attached hydrogen (secondary N) is 2. The summed E-state index contributed by atoms with van der Waals surface area (Å²) < 4.78 is 31.8. The molecule has 3 N–H and O–H groups in total. The van der Waals surface area contributed by atoms with Crippen LogP contribution >= 0.6 is 0 Å². The molecule has 0 aromatic heterocycles. The van der Waals surface area contributed by atoms with Crippen LogP contribution in [0.3, 0.4) is 0 Å². The van der Waals surface area contributed by atoms with E-state index in [1.165, 1.54) is 0 Å². The first-order valence-electron chi connectivity index (χ1n) is 6.39. The number of hydrogen-bond acceptors (Lipinski definition) is 5. The number of rotatable bonds is 9. The second-order valence-corrected chi connectivity index (χ2v) is 6.07. The minimum atomic E-state index is -3.91. The van der Waals surface area contributed by atoms with Gasteiger partial charge in [-0.05, 0) is 32.6 Å². The predicted molar refractivity (Wildman–Crippen MR) is 71.8 cm³/mol. The van der Waals surface area contributed by atoms with Crippen molar-refractivity contribution in [2.45, 2.75) is 46.1 Å². The molecule has 8 heteroatoms. The Morgan fingerprint density at radius 3 is 2.42 bits per heavy atom. The maximum Gasteiger partial charge on any atom is 0.422 e. The lowest BCUT2D eigenvalue weighted by molar-refractivity contribution is 0.121. The number of aliphatic hydroxyl groups excluding tert-OH is 1. The molecule has 0 spiro atoms. The molecule has 0 aliphatic carbocycles. The van der Waals surface area contributed by atoms with Crippen molar-refractivity contribution >= 4 is 16.3 Å². The average Bonchev–Trinajstić information content (AvgIpc) is 2.24. The number of carbonyl (C=O) groups is 1. The smallest absolute Gasteiger partial charge is 0.422 e. The highest BCUT2D eigenvalue weighted by molar-refractivity contribution is 7.88. The molecule has 1 atom stereocenters. The van der Waals surface area contributed by atoms with Crippen LogP contribution in [0.2, 0.25) is 0 Å². The highest BCUT2D eigenvalue weighted by Crippen LogP contribution is 2.09. The van der Waals surface area contributed by atoms with Crippen molar-refractivity contribution < 1.29 is 23.1 Å². The van der Waals surface area contributed by atoms with Crippen LogP contribution in [0.1, 0.15) is 40.0 Å². The zero-order valence-electron chi connectivity index (χ0n) is 11.7. The van der Waals surface area contributed by atoms with Crippen molar-refractivity contribution in [2.24, 2.45) is 5.92 Å². The first-order chi connectivity index (χ1) is 8.80. The lowest BCUT2D eigenvalue weighted by Gasteiger charge is -2.16. The molecule has 0 fully saturated rings. The van der Waals surface area contributed by atoms with Gasteiger partial charge in [0.05, 0.1) is 6.10 Å². The third-order valence-electron chi connectivity index (χ3n) is 2.36. The third-order valence-corrected chi connectivity index (χ3v) is 3.34. The number of carbonyl (C=O) groups excluding carboxylic acids is 1. The van der Waals surface area contributed by atoms with Crippen LogP contribution in [-0.2, 0) is 14.9 Å². The molecular weight excluding hydrogens is 272 g/mol. The Kier molecular flexibility index (Phi) is 8.70. The van der Waals surface area contributed by atoms with Crippen LogP contribution in [0, 0.1) is 5.92 Å². The topological polar surface area (TPSA) is 105 Å². The molecule has 0 aliphatic heterocycles. The van der Waals surface area contributed by atoms with Gasteiger partial charge in [0.1, 0.15) is 0 Å². The maximum atomic E-state index is 11.5. The van der Waals surface area contributed by atoms with Crippen molar-refractivity contribution in [1.29, 1.82) is 0 Å². The summed E-state index contributed by atoms with van der Waals surface area (Å²) in [6.45, 7) is 5.42. The molecule has 0 bridgehead atoms. The quantitative estimate of drug-likeness (QED) is 0.582. The van der Waals surface area contributed by atoms with Gasteiger partial charge in [0.25, 0.3) is 0 Å². The van der Waals surface area contributed by atoms with Gasteiger partial charge >= 0.3 is 16.3 Å². The van der Waals surface area contributed by atoms with Gasteiger partial charge < -0.3 is 9.84 Å². The Hall–Kier alpha value is -0.860. The first kappa shape index (κ1) is 18.1. The van der Waals surface area contributed by atoms with E-state index in [0.29, 0.717) is 6.42 Å². The molecule has 1 amide bonds. The lowest BCUT2D eigenvalue weighted by Crippen LogP contribution is -2.43. The van der Waals surface area contributed by atoms with E-state index >= 15 is 0 Å². The summed E-state index contributed by atoms with van der Waals surface area (Å²) in [6.07, 6.45) is 0.829. The van der Waals surface area contributed by atoms with Crippen LogP contribution in [0.15, 0.2) is 0 Å². The van der Waals surface area contributed by atoms with Crippen molar-refractivity contribution in [3.63, 3.8) is 0 Å². The van der Waals surface area contributed by atoms with Gasteiger partial charge in [-0.2, -0.15) is 13.1 Å². The van der Waals surface area contributed by atoms with Gasteiger partial charge in [0.2, 0.25) is 0 Å². The van der Waals surface area contributed by atoms with Gasteiger partial charge in [0.15, 0.2) is 0 Å². The van der Waals surface area contributed by atoms with E-state index in [4.69, 9.17) is 5.11 Å². The molecule has 0 aromatic rings. The molecular formula is C11H24N2O5S. The highest BCUT2D eigenvalue weighted by atomic mass is 32.2. The number of aliphatic hydroxyl groups is 1. The summed E-state index contributed by atoms with van der Waals surface area (Å²) in [5, 5.41) is 8.87. The van der Waals surface area contributed by atoms with Crippen molar-refractivity contribution in [2.75, 3.05) is 13.2 Å². The Morgan fingerprint density at radius 1 is 1.32 bits per heavy atom. The molecule has 19 heavy (non-hydrogen) atoms. The van der Waals surface area contributed by atoms with Crippen LogP contribution in [0.25, 0.3) is 0 Å². The van der Waals surface area contributed by atoms with Crippen LogP contribution in [0.5, 0.6) is 0 Å². The highest BCUT2D eigenvalue weighted by Gasteiger charge is 2.18. The van der Waals surface area contributed by atoms with Crippen molar-refractivity contribution in [3.05, 3.63) is 0 Å². The second-order valence-electron chi connectivity index (χ2n) is 4.58. The molecule has 0 rings (SSSR count).